The minimum absolute atomic E-state index is 0.0183. The molecule has 0 aromatic heterocycles. The molecular formula is C15H20N2O2. The fraction of sp³-hybridized carbons (Fsp3) is 0.533. The number of hydrogen-bond donors (Lipinski definition) is 2. The van der Waals surface area contributed by atoms with Crippen molar-refractivity contribution in [1.82, 2.24) is 0 Å². The Bertz CT molecular complexity index is 533. The number of fused-ring (bicyclic) bond motifs is 1. The third-order valence-corrected chi connectivity index (χ3v) is 4.79. The van der Waals surface area contributed by atoms with Crippen LogP contribution in [0.1, 0.15) is 25.0 Å². The molecule has 2 aliphatic rings. The molecule has 102 valence electrons. The summed E-state index contributed by atoms with van der Waals surface area (Å²) in [5, 5.41) is 2.87. The average molecular weight is 260 g/mol. The maximum absolute atomic E-state index is 11.4. The number of carbonyl (C=O) groups is 1. The van der Waals surface area contributed by atoms with Crippen molar-refractivity contribution in [2.24, 2.45) is 11.1 Å². The van der Waals surface area contributed by atoms with Crippen LogP contribution in [0.4, 0.5) is 5.69 Å². The highest BCUT2D eigenvalue weighted by molar-refractivity contribution is 5.99. The summed E-state index contributed by atoms with van der Waals surface area (Å²) in [5.74, 6) is 0.0733. The molecule has 3 rings (SSSR count). The molecule has 19 heavy (non-hydrogen) atoms. The van der Waals surface area contributed by atoms with Gasteiger partial charge >= 0.3 is 0 Å². The van der Waals surface area contributed by atoms with Gasteiger partial charge in [-0.05, 0) is 29.2 Å². The van der Waals surface area contributed by atoms with Crippen LogP contribution in [0.25, 0.3) is 0 Å². The lowest BCUT2D eigenvalue weighted by Gasteiger charge is -2.52. The van der Waals surface area contributed by atoms with Crippen molar-refractivity contribution >= 4 is 11.6 Å². The molecule has 3 N–H and O–H groups in total. The first kappa shape index (κ1) is 12.6. The Morgan fingerprint density at radius 2 is 2.16 bits per heavy atom. The van der Waals surface area contributed by atoms with Crippen LogP contribution in [0.2, 0.25) is 0 Å². The Morgan fingerprint density at radius 3 is 2.74 bits per heavy atom. The second-order valence-electron chi connectivity index (χ2n) is 6.26. The van der Waals surface area contributed by atoms with E-state index >= 15 is 0 Å². The number of carbonyl (C=O) groups excluding carboxylic acids is 1. The number of benzene rings is 1. The highest BCUT2D eigenvalue weighted by atomic mass is 16.5. The Morgan fingerprint density at radius 1 is 1.42 bits per heavy atom. The van der Waals surface area contributed by atoms with E-state index in [1.807, 2.05) is 6.07 Å². The Balaban J connectivity index is 2.02. The van der Waals surface area contributed by atoms with Gasteiger partial charge in [0.1, 0.15) is 0 Å². The van der Waals surface area contributed by atoms with Gasteiger partial charge in [-0.3, -0.25) is 4.79 Å². The molecule has 0 aliphatic carbocycles. The van der Waals surface area contributed by atoms with E-state index in [4.69, 9.17) is 10.5 Å². The fourth-order valence-corrected chi connectivity index (χ4v) is 2.98. The summed E-state index contributed by atoms with van der Waals surface area (Å²) >= 11 is 0. The zero-order valence-electron chi connectivity index (χ0n) is 11.5. The molecule has 1 aromatic rings. The van der Waals surface area contributed by atoms with E-state index in [2.05, 4.69) is 31.3 Å². The summed E-state index contributed by atoms with van der Waals surface area (Å²) in [6.07, 6.45) is 0.475. The van der Waals surface area contributed by atoms with Crippen molar-refractivity contribution in [1.29, 1.82) is 0 Å². The first-order chi connectivity index (χ1) is 8.98. The van der Waals surface area contributed by atoms with Crippen molar-refractivity contribution in [3.05, 3.63) is 29.3 Å². The van der Waals surface area contributed by atoms with Crippen LogP contribution in [0, 0.1) is 5.41 Å². The Kier molecular flexibility index (Phi) is 2.69. The molecule has 0 radical (unpaired) electrons. The summed E-state index contributed by atoms with van der Waals surface area (Å²) in [7, 11) is 0. The minimum Gasteiger partial charge on any atom is -0.379 e. The first-order valence-corrected chi connectivity index (χ1v) is 6.70. The van der Waals surface area contributed by atoms with Gasteiger partial charge in [0, 0.05) is 11.1 Å². The summed E-state index contributed by atoms with van der Waals surface area (Å²) in [6.45, 7) is 6.40. The number of ether oxygens (including phenoxy) is 1. The standard InChI is InChI=1S/C15H20N2O2/c1-14(2,7-16)15(8-19-9-15)11-3-4-12-10(5-11)6-13(18)17-12/h3-5H,6-9,16H2,1-2H3,(H,17,18). The van der Waals surface area contributed by atoms with Gasteiger partial charge < -0.3 is 15.8 Å². The van der Waals surface area contributed by atoms with E-state index in [1.54, 1.807) is 0 Å². The van der Waals surface area contributed by atoms with Gasteiger partial charge in [-0.1, -0.05) is 26.0 Å². The van der Waals surface area contributed by atoms with E-state index in [0.717, 1.165) is 11.3 Å². The van der Waals surface area contributed by atoms with Crippen molar-refractivity contribution < 1.29 is 9.53 Å². The minimum atomic E-state index is -0.0254. The molecule has 0 bridgehead atoms. The lowest BCUT2D eigenvalue weighted by atomic mass is 9.60. The largest absolute Gasteiger partial charge is 0.379 e. The highest BCUT2D eigenvalue weighted by Gasteiger charge is 2.51. The number of anilines is 1. The molecule has 1 aromatic carbocycles. The lowest BCUT2D eigenvalue weighted by Crippen LogP contribution is -2.59. The number of rotatable bonds is 3. The average Bonchev–Trinajstić information content (AvgIpc) is 2.66. The molecule has 0 unspecified atom stereocenters. The molecule has 4 nitrogen and oxygen atoms in total. The van der Waals surface area contributed by atoms with Crippen LogP contribution < -0.4 is 11.1 Å². The second-order valence-corrected chi connectivity index (χ2v) is 6.26. The third kappa shape index (κ3) is 1.70. The molecule has 1 amide bonds. The van der Waals surface area contributed by atoms with E-state index < -0.39 is 0 Å². The molecule has 4 heteroatoms. The van der Waals surface area contributed by atoms with Crippen LogP contribution in [0.15, 0.2) is 18.2 Å². The smallest absolute Gasteiger partial charge is 0.228 e. The van der Waals surface area contributed by atoms with Crippen LogP contribution in [0.3, 0.4) is 0 Å². The number of nitrogens with one attached hydrogen (secondary N) is 1. The Hall–Kier alpha value is -1.39. The van der Waals surface area contributed by atoms with Crippen molar-refractivity contribution in [2.75, 3.05) is 25.1 Å². The van der Waals surface area contributed by atoms with E-state index in [0.29, 0.717) is 26.2 Å². The molecule has 1 saturated heterocycles. The maximum Gasteiger partial charge on any atom is 0.228 e. The zero-order chi connectivity index (χ0) is 13.7. The van der Waals surface area contributed by atoms with E-state index in [-0.39, 0.29) is 16.7 Å². The molecule has 1 fully saturated rings. The predicted molar refractivity (Wildman–Crippen MR) is 74.1 cm³/mol. The van der Waals surface area contributed by atoms with Gasteiger partial charge in [-0.2, -0.15) is 0 Å². The molecular weight excluding hydrogens is 240 g/mol. The summed E-state index contributed by atoms with van der Waals surface area (Å²) in [5.41, 5.74) is 9.17. The van der Waals surface area contributed by atoms with Gasteiger partial charge in [0.2, 0.25) is 5.91 Å². The number of nitrogens with two attached hydrogens (primary N) is 1. The van der Waals surface area contributed by atoms with Crippen molar-refractivity contribution in [3.63, 3.8) is 0 Å². The first-order valence-electron chi connectivity index (χ1n) is 6.70. The van der Waals surface area contributed by atoms with Crippen LogP contribution in [-0.4, -0.2) is 25.7 Å². The van der Waals surface area contributed by atoms with Gasteiger partial charge in [-0.15, -0.1) is 0 Å². The lowest BCUT2D eigenvalue weighted by molar-refractivity contribution is -0.116. The van der Waals surface area contributed by atoms with E-state index in [9.17, 15) is 4.79 Å². The summed E-state index contributed by atoms with van der Waals surface area (Å²) < 4.78 is 5.48. The fourth-order valence-electron chi connectivity index (χ4n) is 2.98. The molecule has 0 saturated carbocycles. The molecule has 2 aliphatic heterocycles. The zero-order valence-corrected chi connectivity index (χ0v) is 11.5. The van der Waals surface area contributed by atoms with Crippen LogP contribution >= 0.6 is 0 Å². The van der Waals surface area contributed by atoms with Gasteiger partial charge in [0.05, 0.1) is 19.6 Å². The summed E-state index contributed by atoms with van der Waals surface area (Å²) in [6, 6.07) is 6.25. The molecule has 2 heterocycles. The van der Waals surface area contributed by atoms with Gasteiger partial charge in [0.15, 0.2) is 0 Å². The van der Waals surface area contributed by atoms with E-state index in [1.165, 1.54) is 5.56 Å². The quantitative estimate of drug-likeness (QED) is 0.864. The van der Waals surface area contributed by atoms with Crippen molar-refractivity contribution in [3.8, 4) is 0 Å². The number of amides is 1. The summed E-state index contributed by atoms with van der Waals surface area (Å²) in [4.78, 5) is 11.4. The highest BCUT2D eigenvalue weighted by Crippen LogP contribution is 2.47. The predicted octanol–water partition coefficient (Wildman–Crippen LogP) is 1.43. The van der Waals surface area contributed by atoms with Crippen LogP contribution in [0.5, 0.6) is 0 Å². The third-order valence-electron chi connectivity index (χ3n) is 4.79. The van der Waals surface area contributed by atoms with Gasteiger partial charge in [-0.25, -0.2) is 0 Å². The Labute approximate surface area is 113 Å². The maximum atomic E-state index is 11.4. The van der Waals surface area contributed by atoms with Gasteiger partial charge in [0.25, 0.3) is 0 Å². The van der Waals surface area contributed by atoms with Crippen molar-refractivity contribution in [2.45, 2.75) is 25.7 Å². The topological polar surface area (TPSA) is 64.4 Å². The number of hydrogen-bond acceptors (Lipinski definition) is 3. The van der Waals surface area contributed by atoms with Crippen LogP contribution in [-0.2, 0) is 21.4 Å². The molecule has 0 atom stereocenters. The SMILES string of the molecule is CC(C)(CN)C1(c2ccc3c(c2)CC(=O)N3)COC1. The normalized spacial score (nSPS) is 20.7. The monoisotopic (exact) mass is 260 g/mol. The second kappa shape index (κ2) is 4.05. The molecule has 0 spiro atoms.